The third kappa shape index (κ3) is 5.40. The topological polar surface area (TPSA) is 9.23 Å². The Balaban J connectivity index is 1.71. The van der Waals surface area contributed by atoms with Gasteiger partial charge in [0.05, 0.1) is 0 Å². The van der Waals surface area contributed by atoms with Gasteiger partial charge in [0.2, 0.25) is 0 Å². The molecule has 4 unspecified atom stereocenters. The molecule has 3 rings (SSSR count). The first-order valence-electron chi connectivity index (χ1n) is 11.8. The van der Waals surface area contributed by atoms with Gasteiger partial charge in [-0.2, -0.15) is 0 Å². The van der Waals surface area contributed by atoms with E-state index in [1.807, 2.05) is 0 Å². The molecule has 2 fully saturated rings. The molecule has 0 bridgehead atoms. The fourth-order valence-corrected chi connectivity index (χ4v) is 4.35. The molecule has 0 amide bonds. The Bertz CT molecular complexity index is 705. The van der Waals surface area contributed by atoms with Crippen LogP contribution in [0.5, 0.6) is 5.75 Å². The molecule has 4 atom stereocenters. The Hall–Kier alpha value is -1.19. The minimum Gasteiger partial charge on any atom is -0.406 e. The van der Waals surface area contributed by atoms with E-state index >= 15 is 0 Å². The first-order valence-corrected chi connectivity index (χ1v) is 9.79. The van der Waals surface area contributed by atoms with Crippen molar-refractivity contribution in [2.24, 2.45) is 17.8 Å². The van der Waals surface area contributed by atoms with E-state index in [1.165, 1.54) is 12.1 Å². The number of alkyl halides is 3. The summed E-state index contributed by atoms with van der Waals surface area (Å²) in [5.74, 6) is -0.929. The average molecular weight is 373 g/mol. The van der Waals surface area contributed by atoms with Crippen LogP contribution in [0.1, 0.15) is 88.0 Å². The fourth-order valence-electron chi connectivity index (χ4n) is 4.35. The lowest BCUT2D eigenvalue weighted by Gasteiger charge is -2.42. The third-order valence-corrected chi connectivity index (χ3v) is 5.71. The lowest BCUT2D eigenvalue weighted by atomic mass is 9.63. The molecule has 2 aliphatic rings. The molecular weight excluding hydrogens is 337 g/mol. The van der Waals surface area contributed by atoms with Crippen molar-refractivity contribution in [1.29, 1.82) is 0 Å². The molecule has 2 saturated carbocycles. The lowest BCUT2D eigenvalue weighted by molar-refractivity contribution is -0.274. The Morgan fingerprint density at radius 2 is 1.85 bits per heavy atom. The van der Waals surface area contributed by atoms with Gasteiger partial charge in [-0.15, -0.1) is 13.2 Å². The summed E-state index contributed by atoms with van der Waals surface area (Å²) < 4.78 is 75.8. The summed E-state index contributed by atoms with van der Waals surface area (Å²) in [6.45, 7) is 2.09. The second-order valence-corrected chi connectivity index (χ2v) is 7.62. The molecule has 26 heavy (non-hydrogen) atoms. The number of halogens is 3. The molecular formula is C22H31F3O. The fraction of sp³-hybridized carbons (Fsp3) is 0.727. The summed E-state index contributed by atoms with van der Waals surface area (Å²) in [5, 5.41) is 0. The van der Waals surface area contributed by atoms with E-state index in [1.54, 1.807) is 12.1 Å². The highest BCUT2D eigenvalue weighted by molar-refractivity contribution is 5.30. The summed E-state index contributed by atoms with van der Waals surface area (Å²) >= 11 is 0. The molecule has 1 aromatic carbocycles. The van der Waals surface area contributed by atoms with Gasteiger partial charge in [-0.05, 0) is 73.4 Å². The summed E-state index contributed by atoms with van der Waals surface area (Å²) in [5.41, 5.74) is 0.911. The standard InChI is InChI=1S/C22H31F3O/c1-2-3-4-5-16-6-7-20-15-19(9-8-18(20)14-16)17-10-12-21(13-11-17)26-22(23,24)25/h10-13,16,18-20H,2-9,14-15H2,1H3/i6D2,14D2. The van der Waals surface area contributed by atoms with Crippen molar-refractivity contribution in [3.63, 3.8) is 0 Å². The molecule has 0 N–H and O–H groups in total. The van der Waals surface area contributed by atoms with Crippen LogP contribution in [0, 0.1) is 17.8 Å². The Morgan fingerprint density at radius 1 is 1.08 bits per heavy atom. The summed E-state index contributed by atoms with van der Waals surface area (Å²) in [6.07, 6.45) is -1.84. The molecule has 0 aromatic heterocycles. The molecule has 1 aromatic rings. The maximum Gasteiger partial charge on any atom is 0.573 e. The molecule has 146 valence electrons. The van der Waals surface area contributed by atoms with Crippen LogP contribution in [-0.4, -0.2) is 6.36 Å². The molecule has 0 spiro atoms. The van der Waals surface area contributed by atoms with Gasteiger partial charge in [-0.1, -0.05) is 51.1 Å². The zero-order chi connectivity index (χ0) is 22.2. The van der Waals surface area contributed by atoms with Gasteiger partial charge in [0.15, 0.2) is 0 Å². The molecule has 0 aliphatic heterocycles. The third-order valence-electron chi connectivity index (χ3n) is 5.71. The molecule has 0 heterocycles. The summed E-state index contributed by atoms with van der Waals surface area (Å²) in [4.78, 5) is 0. The monoisotopic (exact) mass is 372 g/mol. The number of rotatable bonds is 6. The summed E-state index contributed by atoms with van der Waals surface area (Å²) in [6, 6.07) is 5.92. The van der Waals surface area contributed by atoms with Crippen LogP contribution in [0.2, 0.25) is 0 Å². The van der Waals surface area contributed by atoms with Crippen molar-refractivity contribution in [1.82, 2.24) is 0 Å². The van der Waals surface area contributed by atoms with Crippen molar-refractivity contribution < 1.29 is 23.4 Å². The van der Waals surface area contributed by atoms with E-state index in [2.05, 4.69) is 11.7 Å². The van der Waals surface area contributed by atoms with Gasteiger partial charge < -0.3 is 4.74 Å². The summed E-state index contributed by atoms with van der Waals surface area (Å²) in [7, 11) is 0. The van der Waals surface area contributed by atoms with Gasteiger partial charge in [0, 0.05) is 5.48 Å². The smallest absolute Gasteiger partial charge is 0.406 e. The largest absolute Gasteiger partial charge is 0.573 e. The predicted molar refractivity (Wildman–Crippen MR) is 98.2 cm³/mol. The van der Waals surface area contributed by atoms with Crippen LogP contribution in [-0.2, 0) is 0 Å². The molecule has 4 heteroatoms. The Labute approximate surface area is 160 Å². The molecule has 2 aliphatic carbocycles. The minimum atomic E-state index is -4.72. The quantitative estimate of drug-likeness (QED) is 0.471. The Morgan fingerprint density at radius 3 is 2.54 bits per heavy atom. The van der Waals surface area contributed by atoms with Crippen LogP contribution in [0.25, 0.3) is 0 Å². The highest BCUT2D eigenvalue weighted by Gasteiger charge is 2.36. The molecule has 0 saturated heterocycles. The average Bonchev–Trinajstić information content (AvgIpc) is 2.63. The second-order valence-electron chi connectivity index (χ2n) is 7.62. The van der Waals surface area contributed by atoms with Crippen molar-refractivity contribution in [2.75, 3.05) is 0 Å². The zero-order valence-electron chi connectivity index (χ0n) is 19.3. The van der Waals surface area contributed by atoms with Crippen molar-refractivity contribution in [3.05, 3.63) is 29.8 Å². The zero-order valence-corrected chi connectivity index (χ0v) is 15.3. The first kappa shape index (κ1) is 14.8. The van der Waals surface area contributed by atoms with E-state index < -0.39 is 25.0 Å². The van der Waals surface area contributed by atoms with Crippen molar-refractivity contribution >= 4 is 0 Å². The van der Waals surface area contributed by atoms with Crippen LogP contribution in [0.15, 0.2) is 24.3 Å². The second kappa shape index (κ2) is 8.67. The van der Waals surface area contributed by atoms with Gasteiger partial charge in [-0.25, -0.2) is 0 Å². The molecule has 1 nitrogen and oxygen atoms in total. The van der Waals surface area contributed by atoms with Crippen molar-refractivity contribution in [3.8, 4) is 5.75 Å². The van der Waals surface area contributed by atoms with E-state index in [9.17, 15) is 13.2 Å². The van der Waals surface area contributed by atoms with E-state index in [-0.39, 0.29) is 23.5 Å². The number of hydrogen-bond donors (Lipinski definition) is 0. The molecule has 0 radical (unpaired) electrons. The Kier molecular flexibility index (Phi) is 4.94. The SMILES string of the molecule is [2H]C1([2H])CC2CC(c3ccc(OC(F)(F)F)cc3)CCC2C([2H])([2H])C1CCCCC. The first-order chi connectivity index (χ1) is 13.9. The normalized spacial score (nSPS) is 35.4. The number of hydrogen-bond acceptors (Lipinski definition) is 1. The predicted octanol–water partition coefficient (Wildman–Crippen LogP) is 7.47. The van der Waals surface area contributed by atoms with Crippen LogP contribution in [0.4, 0.5) is 13.2 Å². The van der Waals surface area contributed by atoms with Crippen LogP contribution in [0.3, 0.4) is 0 Å². The van der Waals surface area contributed by atoms with E-state index in [0.717, 1.165) is 31.2 Å². The van der Waals surface area contributed by atoms with E-state index in [0.29, 0.717) is 25.7 Å². The van der Waals surface area contributed by atoms with Gasteiger partial charge in [0.25, 0.3) is 0 Å². The van der Waals surface area contributed by atoms with Gasteiger partial charge >= 0.3 is 6.36 Å². The maximum absolute atomic E-state index is 12.4. The lowest BCUT2D eigenvalue weighted by Crippen LogP contribution is -2.30. The van der Waals surface area contributed by atoms with Crippen molar-refractivity contribution in [2.45, 2.75) is 83.3 Å². The van der Waals surface area contributed by atoms with E-state index in [4.69, 9.17) is 5.48 Å². The highest BCUT2D eigenvalue weighted by atomic mass is 19.4. The van der Waals surface area contributed by atoms with Crippen LogP contribution < -0.4 is 4.74 Å². The minimum absolute atomic E-state index is 0.0534. The number of fused-ring (bicyclic) bond motifs is 1. The highest BCUT2D eigenvalue weighted by Crippen LogP contribution is 2.48. The number of unbranched alkanes of at least 4 members (excludes halogenated alkanes) is 2. The number of ether oxygens (including phenoxy) is 1. The van der Waals surface area contributed by atoms with Gasteiger partial charge in [0.1, 0.15) is 5.75 Å². The van der Waals surface area contributed by atoms with Gasteiger partial charge in [-0.3, -0.25) is 0 Å². The maximum atomic E-state index is 12.4. The van der Waals surface area contributed by atoms with Crippen LogP contribution >= 0.6 is 0 Å². The number of benzene rings is 1.